The monoisotopic (exact) mass is 389 g/mol. The third kappa shape index (κ3) is 5.46. The number of carbonyl (C=O) groups is 1. The summed E-state index contributed by atoms with van der Waals surface area (Å²) in [6.45, 7) is 5.46. The van der Waals surface area contributed by atoms with Gasteiger partial charge < -0.3 is 14.8 Å². The highest BCUT2D eigenvalue weighted by atomic mass is 16.5. The molecule has 0 atom stereocenters. The molecule has 0 aliphatic rings. The molecule has 1 N–H and O–H groups in total. The van der Waals surface area contributed by atoms with Gasteiger partial charge in [-0.15, -0.1) is 0 Å². The number of carbonyl (C=O) groups excluding carboxylic acids is 1. The Morgan fingerprint density at radius 1 is 0.862 bits per heavy atom. The van der Waals surface area contributed by atoms with Crippen molar-refractivity contribution in [1.82, 2.24) is 5.32 Å². The summed E-state index contributed by atoms with van der Waals surface area (Å²) in [5.41, 5.74) is 3.53. The Bertz CT molecular complexity index is 870. The SMILES string of the molecule is CCOCc1cc(C(=O)NC(c2ccccc2)c2ccccc2)ccc1OCC. The summed E-state index contributed by atoms with van der Waals surface area (Å²) >= 11 is 0. The quantitative estimate of drug-likeness (QED) is 0.551. The second-order valence-corrected chi connectivity index (χ2v) is 6.62. The minimum absolute atomic E-state index is 0.136. The average molecular weight is 389 g/mol. The van der Waals surface area contributed by atoms with E-state index in [0.717, 1.165) is 22.4 Å². The highest BCUT2D eigenvalue weighted by molar-refractivity contribution is 5.95. The highest BCUT2D eigenvalue weighted by Gasteiger charge is 2.18. The van der Waals surface area contributed by atoms with Crippen molar-refractivity contribution in [3.63, 3.8) is 0 Å². The highest BCUT2D eigenvalue weighted by Crippen LogP contribution is 2.25. The maximum atomic E-state index is 13.1. The first-order valence-electron chi connectivity index (χ1n) is 9.97. The predicted molar refractivity (Wildman–Crippen MR) is 115 cm³/mol. The van der Waals surface area contributed by atoms with E-state index in [0.29, 0.717) is 25.4 Å². The van der Waals surface area contributed by atoms with Gasteiger partial charge in [0.25, 0.3) is 5.91 Å². The molecule has 0 aromatic heterocycles. The lowest BCUT2D eigenvalue weighted by Gasteiger charge is -2.20. The molecule has 1 amide bonds. The van der Waals surface area contributed by atoms with Crippen LogP contribution in [0.3, 0.4) is 0 Å². The zero-order valence-corrected chi connectivity index (χ0v) is 16.9. The van der Waals surface area contributed by atoms with Gasteiger partial charge in [-0.2, -0.15) is 0 Å². The minimum Gasteiger partial charge on any atom is -0.494 e. The van der Waals surface area contributed by atoms with E-state index in [2.05, 4.69) is 5.32 Å². The Balaban J connectivity index is 1.88. The average Bonchev–Trinajstić information content (AvgIpc) is 2.78. The van der Waals surface area contributed by atoms with Crippen LogP contribution in [0.1, 0.15) is 46.9 Å². The standard InChI is InChI=1S/C25H27NO3/c1-3-28-18-22-17-21(15-16-23(22)29-4-2)25(27)26-24(19-11-7-5-8-12-19)20-13-9-6-10-14-20/h5-17,24H,3-4,18H2,1-2H3,(H,26,27). The van der Waals surface area contributed by atoms with Crippen LogP contribution in [-0.4, -0.2) is 19.1 Å². The van der Waals surface area contributed by atoms with Gasteiger partial charge in [-0.25, -0.2) is 0 Å². The van der Waals surface area contributed by atoms with Gasteiger partial charge in [0.1, 0.15) is 5.75 Å². The molecular formula is C25H27NO3. The molecule has 3 aromatic rings. The molecule has 0 spiro atoms. The molecule has 3 rings (SSSR count). The number of nitrogens with one attached hydrogen (secondary N) is 1. The normalized spacial score (nSPS) is 10.7. The van der Waals surface area contributed by atoms with Crippen molar-refractivity contribution in [2.75, 3.05) is 13.2 Å². The number of hydrogen-bond donors (Lipinski definition) is 1. The Hall–Kier alpha value is -3.11. The van der Waals surface area contributed by atoms with Crippen LogP contribution in [0.5, 0.6) is 5.75 Å². The molecule has 29 heavy (non-hydrogen) atoms. The fourth-order valence-electron chi connectivity index (χ4n) is 3.21. The van der Waals surface area contributed by atoms with E-state index in [1.54, 1.807) is 6.07 Å². The smallest absolute Gasteiger partial charge is 0.252 e. The Kier molecular flexibility index (Phi) is 7.42. The first-order chi connectivity index (χ1) is 14.2. The van der Waals surface area contributed by atoms with Crippen LogP contribution in [0.2, 0.25) is 0 Å². The van der Waals surface area contributed by atoms with Crippen molar-refractivity contribution < 1.29 is 14.3 Å². The molecule has 0 aliphatic heterocycles. The van der Waals surface area contributed by atoms with E-state index < -0.39 is 0 Å². The van der Waals surface area contributed by atoms with Gasteiger partial charge in [-0.1, -0.05) is 60.7 Å². The molecule has 0 aliphatic carbocycles. The molecular weight excluding hydrogens is 362 g/mol. The van der Waals surface area contributed by atoms with Crippen LogP contribution >= 0.6 is 0 Å². The van der Waals surface area contributed by atoms with Gasteiger partial charge >= 0.3 is 0 Å². The second kappa shape index (κ2) is 10.4. The van der Waals surface area contributed by atoms with E-state index in [4.69, 9.17) is 9.47 Å². The van der Waals surface area contributed by atoms with Crippen LogP contribution in [0.25, 0.3) is 0 Å². The summed E-state index contributed by atoms with van der Waals surface area (Å²) in [6.07, 6.45) is 0. The molecule has 150 valence electrons. The van der Waals surface area contributed by atoms with Gasteiger partial charge in [0.2, 0.25) is 0 Å². The number of ether oxygens (including phenoxy) is 2. The van der Waals surface area contributed by atoms with E-state index in [1.165, 1.54) is 0 Å². The number of benzene rings is 3. The summed E-state index contributed by atoms with van der Waals surface area (Å²) < 4.78 is 11.2. The minimum atomic E-state index is -0.230. The number of rotatable bonds is 9. The Labute approximate surface area is 172 Å². The van der Waals surface area contributed by atoms with E-state index >= 15 is 0 Å². The molecule has 0 heterocycles. The molecule has 0 saturated heterocycles. The van der Waals surface area contributed by atoms with Crippen LogP contribution in [0.15, 0.2) is 78.9 Å². The summed E-state index contributed by atoms with van der Waals surface area (Å²) in [5, 5.41) is 3.18. The molecule has 0 unspecified atom stereocenters. The third-order valence-corrected chi connectivity index (χ3v) is 4.63. The molecule has 0 bridgehead atoms. The van der Waals surface area contributed by atoms with E-state index in [-0.39, 0.29) is 11.9 Å². The predicted octanol–water partition coefficient (Wildman–Crippen LogP) is 5.14. The van der Waals surface area contributed by atoms with Crippen molar-refractivity contribution in [1.29, 1.82) is 0 Å². The summed E-state index contributed by atoms with van der Waals surface area (Å²) in [6, 6.07) is 25.2. The van der Waals surface area contributed by atoms with Gasteiger partial charge in [0.15, 0.2) is 0 Å². The van der Waals surface area contributed by atoms with Crippen molar-refractivity contribution >= 4 is 5.91 Å². The van der Waals surface area contributed by atoms with E-state index in [1.807, 2.05) is 86.6 Å². The molecule has 4 nitrogen and oxygen atoms in total. The van der Waals surface area contributed by atoms with E-state index in [9.17, 15) is 4.79 Å². The van der Waals surface area contributed by atoms with Crippen molar-refractivity contribution in [2.45, 2.75) is 26.5 Å². The first kappa shape index (κ1) is 20.6. The van der Waals surface area contributed by atoms with Crippen molar-refractivity contribution in [3.8, 4) is 5.75 Å². The van der Waals surface area contributed by atoms with Crippen molar-refractivity contribution in [3.05, 3.63) is 101 Å². The fraction of sp³-hybridized carbons (Fsp3) is 0.240. The first-order valence-corrected chi connectivity index (χ1v) is 9.97. The molecule has 0 saturated carbocycles. The second-order valence-electron chi connectivity index (χ2n) is 6.62. The van der Waals surface area contributed by atoms with Crippen molar-refractivity contribution in [2.24, 2.45) is 0 Å². The largest absolute Gasteiger partial charge is 0.494 e. The van der Waals surface area contributed by atoms with Gasteiger partial charge in [-0.3, -0.25) is 4.79 Å². The zero-order chi connectivity index (χ0) is 20.5. The van der Waals surface area contributed by atoms with Crippen LogP contribution in [0, 0.1) is 0 Å². The maximum Gasteiger partial charge on any atom is 0.252 e. The maximum absolute atomic E-state index is 13.1. The summed E-state index contributed by atoms with van der Waals surface area (Å²) in [4.78, 5) is 13.1. The molecule has 4 heteroatoms. The van der Waals surface area contributed by atoms with Crippen LogP contribution in [-0.2, 0) is 11.3 Å². The molecule has 0 fully saturated rings. The zero-order valence-electron chi connectivity index (χ0n) is 16.9. The number of amides is 1. The summed E-state index contributed by atoms with van der Waals surface area (Å²) in [7, 11) is 0. The van der Waals surface area contributed by atoms with Gasteiger partial charge in [0.05, 0.1) is 19.3 Å². The van der Waals surface area contributed by atoms with Crippen LogP contribution in [0.4, 0.5) is 0 Å². The molecule has 3 aromatic carbocycles. The lowest BCUT2D eigenvalue weighted by Crippen LogP contribution is -2.29. The topological polar surface area (TPSA) is 47.6 Å². The fourth-order valence-corrected chi connectivity index (χ4v) is 3.21. The molecule has 0 radical (unpaired) electrons. The van der Waals surface area contributed by atoms with Gasteiger partial charge in [0, 0.05) is 17.7 Å². The lowest BCUT2D eigenvalue weighted by atomic mass is 9.98. The number of hydrogen-bond acceptors (Lipinski definition) is 3. The van der Waals surface area contributed by atoms with Gasteiger partial charge in [-0.05, 0) is 43.2 Å². The third-order valence-electron chi connectivity index (χ3n) is 4.63. The lowest BCUT2D eigenvalue weighted by molar-refractivity contribution is 0.0942. The van der Waals surface area contributed by atoms with Crippen LogP contribution < -0.4 is 10.1 Å². The summed E-state index contributed by atoms with van der Waals surface area (Å²) in [5.74, 6) is 0.615. The Morgan fingerprint density at radius 3 is 2.03 bits per heavy atom. The Morgan fingerprint density at radius 2 is 1.48 bits per heavy atom.